The van der Waals surface area contributed by atoms with E-state index in [9.17, 15) is 0 Å². The Labute approximate surface area is 122 Å². The highest BCUT2D eigenvalue weighted by atomic mass is 16.5. The van der Waals surface area contributed by atoms with Crippen molar-refractivity contribution in [1.29, 1.82) is 0 Å². The Hall–Kier alpha value is -1.06. The summed E-state index contributed by atoms with van der Waals surface area (Å²) in [5.74, 6) is 0. The molecule has 110 valence electrons. The van der Waals surface area contributed by atoms with E-state index in [2.05, 4.69) is 41.4 Å². The van der Waals surface area contributed by atoms with Crippen molar-refractivity contribution in [2.45, 2.75) is 51.3 Å². The molecule has 2 aliphatic rings. The lowest BCUT2D eigenvalue weighted by Gasteiger charge is -2.36. The Kier molecular flexibility index (Phi) is 4.58. The number of nitrogens with one attached hydrogen (secondary N) is 1. The molecule has 3 heteroatoms. The first-order valence-electron chi connectivity index (χ1n) is 8.03. The zero-order chi connectivity index (χ0) is 13.8. The Bertz CT molecular complexity index is 423. The van der Waals surface area contributed by atoms with Crippen LogP contribution in [0.25, 0.3) is 0 Å². The van der Waals surface area contributed by atoms with Crippen molar-refractivity contribution in [3.05, 3.63) is 29.8 Å². The summed E-state index contributed by atoms with van der Waals surface area (Å²) in [6.07, 6.45) is 5.48. The van der Waals surface area contributed by atoms with Gasteiger partial charge in [-0.05, 0) is 63.4 Å². The first-order chi connectivity index (χ1) is 9.83. The molecule has 0 unspecified atom stereocenters. The third-order valence-corrected chi connectivity index (χ3v) is 4.40. The van der Waals surface area contributed by atoms with Gasteiger partial charge in [0.2, 0.25) is 0 Å². The fourth-order valence-corrected chi connectivity index (χ4v) is 3.25. The van der Waals surface area contributed by atoms with Crippen LogP contribution in [0.5, 0.6) is 0 Å². The molecule has 0 spiro atoms. The summed E-state index contributed by atoms with van der Waals surface area (Å²) in [6, 6.07) is 9.50. The minimum Gasteiger partial charge on any atom is -0.382 e. The second kappa shape index (κ2) is 6.59. The zero-order valence-electron chi connectivity index (χ0n) is 12.5. The first kappa shape index (κ1) is 13.9. The predicted molar refractivity (Wildman–Crippen MR) is 83.0 cm³/mol. The molecule has 0 aromatic heterocycles. The van der Waals surface area contributed by atoms with E-state index in [-0.39, 0.29) is 0 Å². The lowest BCUT2D eigenvalue weighted by molar-refractivity contribution is 0.00299. The van der Waals surface area contributed by atoms with Crippen LogP contribution in [0.15, 0.2) is 24.3 Å². The average Bonchev–Trinajstić information content (AvgIpc) is 2.90. The van der Waals surface area contributed by atoms with Crippen molar-refractivity contribution in [2.75, 3.05) is 25.0 Å². The molecule has 0 atom stereocenters. The number of anilines is 1. The summed E-state index contributed by atoms with van der Waals surface area (Å²) in [6.45, 7) is 6.53. The third kappa shape index (κ3) is 3.53. The molecule has 1 aliphatic carbocycles. The zero-order valence-corrected chi connectivity index (χ0v) is 12.5. The Morgan fingerprint density at radius 1 is 1.25 bits per heavy atom. The summed E-state index contributed by atoms with van der Waals surface area (Å²) in [5.41, 5.74) is 2.69. The van der Waals surface area contributed by atoms with Gasteiger partial charge in [0, 0.05) is 24.9 Å². The summed E-state index contributed by atoms with van der Waals surface area (Å²) in [4.78, 5) is 2.55. The van der Waals surface area contributed by atoms with Gasteiger partial charge in [-0.15, -0.1) is 0 Å². The molecule has 0 radical (unpaired) electrons. The van der Waals surface area contributed by atoms with Gasteiger partial charge in [-0.3, -0.25) is 4.90 Å². The number of hydrogen-bond acceptors (Lipinski definition) is 3. The number of benzene rings is 1. The predicted octanol–water partition coefficient (Wildman–Crippen LogP) is 3.26. The summed E-state index contributed by atoms with van der Waals surface area (Å²) >= 11 is 0. The molecule has 1 aliphatic heterocycles. The van der Waals surface area contributed by atoms with Gasteiger partial charge in [-0.2, -0.15) is 0 Å². The standard InChI is InChI=1S/C17H26N2O/c1-2-20-17-11-16(12-17)18-15-7-5-6-14(10-15)13-19-8-3-4-9-19/h5-7,10,16-18H,2-4,8-9,11-13H2,1H3. The van der Waals surface area contributed by atoms with Crippen LogP contribution >= 0.6 is 0 Å². The third-order valence-electron chi connectivity index (χ3n) is 4.40. The highest BCUT2D eigenvalue weighted by Crippen LogP contribution is 2.27. The molecular weight excluding hydrogens is 248 g/mol. The van der Waals surface area contributed by atoms with Gasteiger partial charge in [0.1, 0.15) is 0 Å². The average molecular weight is 274 g/mol. The minimum atomic E-state index is 0.477. The number of hydrogen-bond donors (Lipinski definition) is 1. The summed E-state index contributed by atoms with van der Waals surface area (Å²) in [5, 5.41) is 3.63. The molecule has 0 amide bonds. The summed E-state index contributed by atoms with van der Waals surface area (Å²) in [7, 11) is 0. The molecule has 1 N–H and O–H groups in total. The summed E-state index contributed by atoms with van der Waals surface area (Å²) < 4.78 is 5.61. The van der Waals surface area contributed by atoms with E-state index in [0.29, 0.717) is 12.1 Å². The van der Waals surface area contributed by atoms with Crippen molar-refractivity contribution in [3.8, 4) is 0 Å². The van der Waals surface area contributed by atoms with Crippen LogP contribution in [0.3, 0.4) is 0 Å². The quantitative estimate of drug-likeness (QED) is 0.861. The van der Waals surface area contributed by atoms with Gasteiger partial charge in [-0.25, -0.2) is 0 Å². The van der Waals surface area contributed by atoms with Crippen LogP contribution in [0, 0.1) is 0 Å². The Morgan fingerprint density at radius 2 is 2.05 bits per heavy atom. The van der Waals surface area contributed by atoms with Gasteiger partial charge >= 0.3 is 0 Å². The molecule has 20 heavy (non-hydrogen) atoms. The fraction of sp³-hybridized carbons (Fsp3) is 0.647. The van der Waals surface area contributed by atoms with E-state index in [1.54, 1.807) is 0 Å². The SMILES string of the molecule is CCOC1CC(Nc2cccc(CN3CCCC3)c2)C1. The van der Waals surface area contributed by atoms with E-state index in [0.717, 1.165) is 26.0 Å². The molecule has 0 bridgehead atoms. The topological polar surface area (TPSA) is 24.5 Å². The van der Waals surface area contributed by atoms with Crippen LogP contribution in [0.2, 0.25) is 0 Å². The number of nitrogens with zero attached hydrogens (tertiary/aromatic N) is 1. The lowest BCUT2D eigenvalue weighted by Crippen LogP contribution is -2.40. The first-order valence-corrected chi connectivity index (χ1v) is 8.03. The van der Waals surface area contributed by atoms with Crippen molar-refractivity contribution in [1.82, 2.24) is 4.90 Å². The second-order valence-electron chi connectivity index (χ2n) is 6.07. The smallest absolute Gasteiger partial charge is 0.0614 e. The van der Waals surface area contributed by atoms with Crippen molar-refractivity contribution in [3.63, 3.8) is 0 Å². The van der Waals surface area contributed by atoms with Crippen LogP contribution in [0.1, 0.15) is 38.2 Å². The van der Waals surface area contributed by atoms with Crippen LogP contribution in [-0.4, -0.2) is 36.7 Å². The molecule has 3 rings (SSSR count). The second-order valence-corrected chi connectivity index (χ2v) is 6.07. The van der Waals surface area contributed by atoms with Crippen molar-refractivity contribution in [2.24, 2.45) is 0 Å². The molecule has 1 aromatic carbocycles. The number of ether oxygens (including phenoxy) is 1. The van der Waals surface area contributed by atoms with E-state index < -0.39 is 0 Å². The highest BCUT2D eigenvalue weighted by Gasteiger charge is 2.29. The highest BCUT2D eigenvalue weighted by molar-refractivity contribution is 5.47. The largest absolute Gasteiger partial charge is 0.382 e. The van der Waals surface area contributed by atoms with Gasteiger partial charge < -0.3 is 10.1 Å². The van der Waals surface area contributed by atoms with E-state index >= 15 is 0 Å². The van der Waals surface area contributed by atoms with Gasteiger partial charge in [0.25, 0.3) is 0 Å². The van der Waals surface area contributed by atoms with Crippen LogP contribution in [0.4, 0.5) is 5.69 Å². The van der Waals surface area contributed by atoms with Gasteiger partial charge in [-0.1, -0.05) is 12.1 Å². The molecule has 1 aromatic rings. The fourth-order valence-electron chi connectivity index (χ4n) is 3.25. The molecule has 1 saturated carbocycles. The Balaban J connectivity index is 1.50. The Morgan fingerprint density at radius 3 is 2.80 bits per heavy atom. The maximum atomic E-state index is 5.61. The number of rotatable bonds is 6. The maximum Gasteiger partial charge on any atom is 0.0614 e. The number of likely N-dealkylation sites (tertiary alicyclic amines) is 1. The molecule has 1 heterocycles. The minimum absolute atomic E-state index is 0.477. The van der Waals surface area contributed by atoms with E-state index in [4.69, 9.17) is 4.74 Å². The van der Waals surface area contributed by atoms with Gasteiger partial charge in [0.05, 0.1) is 6.10 Å². The monoisotopic (exact) mass is 274 g/mol. The molecule has 2 fully saturated rings. The molecule has 3 nitrogen and oxygen atoms in total. The molecule has 1 saturated heterocycles. The normalized spacial score (nSPS) is 26.4. The lowest BCUT2D eigenvalue weighted by atomic mass is 9.89. The maximum absolute atomic E-state index is 5.61. The van der Waals surface area contributed by atoms with E-state index in [1.807, 2.05) is 0 Å². The van der Waals surface area contributed by atoms with Crippen molar-refractivity contribution >= 4 is 5.69 Å². The van der Waals surface area contributed by atoms with E-state index in [1.165, 1.54) is 37.2 Å². The van der Waals surface area contributed by atoms with Gasteiger partial charge in [0.15, 0.2) is 0 Å². The van der Waals surface area contributed by atoms with Crippen molar-refractivity contribution < 1.29 is 4.74 Å². The molecular formula is C17H26N2O. The van der Waals surface area contributed by atoms with Crippen LogP contribution < -0.4 is 5.32 Å². The van der Waals surface area contributed by atoms with Crippen LogP contribution in [-0.2, 0) is 11.3 Å².